The molecule has 0 radical (unpaired) electrons. The summed E-state index contributed by atoms with van der Waals surface area (Å²) in [5, 5.41) is 12.8. The summed E-state index contributed by atoms with van der Waals surface area (Å²) in [4.78, 5) is 22.4. The number of alkyl carbamates (subject to hydrolysis) is 1. The van der Waals surface area contributed by atoms with Crippen LogP contribution in [0.5, 0.6) is 0 Å². The smallest absolute Gasteiger partial charge is 0.407 e. The highest BCUT2D eigenvalue weighted by Crippen LogP contribution is 2.39. The Hall–Kier alpha value is -3.42. The van der Waals surface area contributed by atoms with Gasteiger partial charge in [0.05, 0.1) is 11.6 Å². The predicted molar refractivity (Wildman–Crippen MR) is 125 cm³/mol. The molecular weight excluding hydrogens is 496 g/mol. The Morgan fingerprint density at radius 1 is 1.30 bits per heavy atom. The Kier molecular flexibility index (Phi) is 6.68. The summed E-state index contributed by atoms with van der Waals surface area (Å²) in [6, 6.07) is 3.27. The molecule has 200 valence electrons. The van der Waals surface area contributed by atoms with E-state index in [1.165, 1.54) is 0 Å². The van der Waals surface area contributed by atoms with Gasteiger partial charge in [0.15, 0.2) is 5.82 Å². The van der Waals surface area contributed by atoms with Crippen LogP contribution in [0.3, 0.4) is 0 Å². The predicted octanol–water partition coefficient (Wildman–Crippen LogP) is 3.91. The van der Waals surface area contributed by atoms with Gasteiger partial charge >= 0.3 is 12.3 Å². The zero-order valence-corrected chi connectivity index (χ0v) is 20.3. The van der Waals surface area contributed by atoms with E-state index in [1.54, 1.807) is 47.7 Å². The normalized spacial score (nSPS) is 22.9. The first-order valence-corrected chi connectivity index (χ1v) is 12.1. The molecule has 1 saturated heterocycles. The molecular formula is C23H28F4N8O2. The van der Waals surface area contributed by atoms with Crippen molar-refractivity contribution in [3.63, 3.8) is 0 Å². The number of imidazole rings is 1. The van der Waals surface area contributed by atoms with Crippen molar-refractivity contribution in [1.29, 1.82) is 0 Å². The van der Waals surface area contributed by atoms with Gasteiger partial charge in [-0.1, -0.05) is 0 Å². The number of ether oxygens (including phenoxy) is 1. The maximum absolute atomic E-state index is 15.0. The Bertz CT molecular complexity index is 1250. The third-order valence-corrected chi connectivity index (χ3v) is 6.64. The molecule has 14 heteroatoms. The third-order valence-electron chi connectivity index (χ3n) is 6.64. The van der Waals surface area contributed by atoms with Crippen LogP contribution in [0.1, 0.15) is 44.0 Å². The molecule has 1 aliphatic carbocycles. The van der Waals surface area contributed by atoms with Gasteiger partial charge in [0.1, 0.15) is 17.9 Å². The molecule has 5 rings (SSSR count). The fourth-order valence-electron chi connectivity index (χ4n) is 4.76. The van der Waals surface area contributed by atoms with E-state index in [2.05, 4.69) is 30.8 Å². The lowest BCUT2D eigenvalue weighted by Crippen LogP contribution is -2.52. The Balaban J connectivity index is 1.22. The SMILES string of the molecule is CC(C)NC(=O)O[C@H]1CC[C@@H](c2cc(Nc3nccc4nc(CN5CC(C(F)(F)F)C5)cn34)n[nH]2)[C@H]1F. The summed E-state index contributed by atoms with van der Waals surface area (Å²) in [7, 11) is 0. The summed E-state index contributed by atoms with van der Waals surface area (Å²) >= 11 is 0. The number of nitrogens with one attached hydrogen (secondary N) is 3. The first-order valence-electron chi connectivity index (χ1n) is 12.1. The van der Waals surface area contributed by atoms with Crippen LogP contribution in [-0.4, -0.2) is 73.1 Å². The first kappa shape index (κ1) is 25.2. The van der Waals surface area contributed by atoms with Gasteiger partial charge in [-0.2, -0.15) is 18.3 Å². The number of rotatable bonds is 7. The average molecular weight is 525 g/mol. The number of aromatic amines is 1. The van der Waals surface area contributed by atoms with Gasteiger partial charge < -0.3 is 15.4 Å². The molecule has 2 aliphatic rings. The van der Waals surface area contributed by atoms with Gasteiger partial charge in [-0.05, 0) is 32.8 Å². The van der Waals surface area contributed by atoms with Crippen LogP contribution < -0.4 is 10.6 Å². The van der Waals surface area contributed by atoms with Crippen molar-refractivity contribution in [2.45, 2.75) is 63.6 Å². The van der Waals surface area contributed by atoms with Crippen molar-refractivity contribution in [3.8, 4) is 0 Å². The molecule has 0 spiro atoms. The number of fused-ring (bicyclic) bond motifs is 1. The van der Waals surface area contributed by atoms with Gasteiger partial charge in [-0.3, -0.25) is 14.4 Å². The van der Waals surface area contributed by atoms with Crippen molar-refractivity contribution in [2.75, 3.05) is 18.4 Å². The van der Waals surface area contributed by atoms with Gasteiger partial charge in [0, 0.05) is 55.7 Å². The Morgan fingerprint density at radius 3 is 2.81 bits per heavy atom. The summed E-state index contributed by atoms with van der Waals surface area (Å²) < 4.78 is 60.3. The molecule has 1 aliphatic heterocycles. The molecule has 3 N–H and O–H groups in total. The Morgan fingerprint density at radius 2 is 2.08 bits per heavy atom. The number of hydrogen-bond acceptors (Lipinski definition) is 7. The second kappa shape index (κ2) is 9.80. The molecule has 3 aromatic heterocycles. The van der Waals surface area contributed by atoms with E-state index in [1.807, 2.05) is 0 Å². The van der Waals surface area contributed by atoms with Crippen LogP contribution in [0.15, 0.2) is 24.5 Å². The highest BCUT2D eigenvalue weighted by Gasteiger charge is 2.47. The molecule has 3 atom stereocenters. The molecule has 10 nitrogen and oxygen atoms in total. The van der Waals surface area contributed by atoms with E-state index in [-0.39, 0.29) is 19.1 Å². The molecule has 3 aromatic rings. The lowest BCUT2D eigenvalue weighted by atomic mass is 10.00. The quantitative estimate of drug-likeness (QED) is 0.402. The largest absolute Gasteiger partial charge is 0.443 e. The van der Waals surface area contributed by atoms with Crippen LogP contribution in [0.25, 0.3) is 5.65 Å². The highest BCUT2D eigenvalue weighted by atomic mass is 19.4. The number of amides is 1. The van der Waals surface area contributed by atoms with Gasteiger partial charge in [-0.15, -0.1) is 0 Å². The van der Waals surface area contributed by atoms with Gasteiger partial charge in [-0.25, -0.2) is 19.2 Å². The summed E-state index contributed by atoms with van der Waals surface area (Å²) in [6.45, 7) is 3.81. The molecule has 0 aromatic carbocycles. The van der Waals surface area contributed by atoms with Crippen LogP contribution in [0.4, 0.5) is 34.1 Å². The van der Waals surface area contributed by atoms with Crippen LogP contribution >= 0.6 is 0 Å². The molecule has 1 amide bonds. The van der Waals surface area contributed by atoms with Crippen molar-refractivity contribution in [1.82, 2.24) is 34.8 Å². The van der Waals surface area contributed by atoms with Gasteiger partial charge in [0.2, 0.25) is 5.95 Å². The van der Waals surface area contributed by atoms with E-state index in [0.29, 0.717) is 48.2 Å². The maximum atomic E-state index is 15.0. The number of anilines is 2. The molecule has 2 fully saturated rings. The number of H-pyrrole nitrogens is 1. The van der Waals surface area contributed by atoms with Crippen molar-refractivity contribution < 1.29 is 27.1 Å². The highest BCUT2D eigenvalue weighted by molar-refractivity contribution is 5.67. The van der Waals surface area contributed by atoms with E-state index in [4.69, 9.17) is 4.74 Å². The minimum atomic E-state index is -4.17. The molecule has 0 bridgehead atoms. The number of nitrogens with zero attached hydrogens (tertiary/aromatic N) is 5. The van der Waals surface area contributed by atoms with Crippen LogP contribution in [0, 0.1) is 5.92 Å². The maximum Gasteiger partial charge on any atom is 0.407 e. The molecule has 4 heterocycles. The minimum Gasteiger partial charge on any atom is -0.443 e. The molecule has 1 saturated carbocycles. The Labute approximate surface area is 209 Å². The van der Waals surface area contributed by atoms with E-state index in [0.717, 1.165) is 0 Å². The van der Waals surface area contributed by atoms with Gasteiger partial charge in [0.25, 0.3) is 0 Å². The van der Waals surface area contributed by atoms with Crippen molar-refractivity contribution in [2.24, 2.45) is 5.92 Å². The summed E-state index contributed by atoms with van der Waals surface area (Å²) in [6.07, 6.45) is -2.84. The van der Waals surface area contributed by atoms with Crippen molar-refractivity contribution >= 4 is 23.5 Å². The second-order valence-electron chi connectivity index (χ2n) is 9.87. The average Bonchev–Trinajstić information content (AvgIpc) is 3.48. The van der Waals surface area contributed by atoms with Crippen molar-refractivity contribution in [3.05, 3.63) is 35.9 Å². The van der Waals surface area contributed by atoms with E-state index >= 15 is 4.39 Å². The number of halogens is 4. The summed E-state index contributed by atoms with van der Waals surface area (Å²) in [5.74, 6) is -0.975. The first-order chi connectivity index (χ1) is 17.6. The number of alkyl halides is 4. The number of hydrogen-bond donors (Lipinski definition) is 3. The van der Waals surface area contributed by atoms with E-state index < -0.39 is 36.4 Å². The number of aromatic nitrogens is 5. The fraction of sp³-hybridized carbons (Fsp3) is 0.565. The zero-order chi connectivity index (χ0) is 26.3. The monoisotopic (exact) mass is 524 g/mol. The fourth-order valence-corrected chi connectivity index (χ4v) is 4.76. The van der Waals surface area contributed by atoms with Crippen LogP contribution in [0.2, 0.25) is 0 Å². The van der Waals surface area contributed by atoms with Crippen LogP contribution in [-0.2, 0) is 11.3 Å². The topological polar surface area (TPSA) is 112 Å². The van der Waals surface area contributed by atoms with E-state index in [9.17, 15) is 18.0 Å². The second-order valence-corrected chi connectivity index (χ2v) is 9.87. The number of carbonyl (C=O) groups excluding carboxylic acids is 1. The lowest BCUT2D eigenvalue weighted by molar-refractivity contribution is -0.210. The molecule has 0 unspecified atom stereocenters. The lowest BCUT2D eigenvalue weighted by Gasteiger charge is -2.39. The summed E-state index contributed by atoms with van der Waals surface area (Å²) in [5.41, 5.74) is 1.77. The third kappa shape index (κ3) is 5.48. The molecule has 37 heavy (non-hydrogen) atoms. The minimum absolute atomic E-state index is 0.0399. The standard InChI is InChI=1S/C23H28F4N8O2/c1-12(2)29-22(36)37-17-4-3-15(20(17)24)16-7-18(33-32-16)31-21-28-6-5-19-30-14(11-35(19)21)10-34-8-13(9-34)23(25,26)27/h5-7,11-13,15,17,20H,3-4,8-10H2,1-2H3,(H,29,36)(H2,28,31,32,33)/t15-,17-,20+/m0/s1. The number of carbonyl (C=O) groups is 1. The number of likely N-dealkylation sites (tertiary alicyclic amines) is 1. The zero-order valence-electron chi connectivity index (χ0n) is 20.3.